The van der Waals surface area contributed by atoms with Gasteiger partial charge in [0, 0.05) is 58.6 Å². The van der Waals surface area contributed by atoms with Crippen LogP contribution in [-0.2, 0) is 4.79 Å². The van der Waals surface area contributed by atoms with Crippen molar-refractivity contribution in [1.29, 1.82) is 0 Å². The highest BCUT2D eigenvalue weighted by molar-refractivity contribution is 7.12. The van der Waals surface area contributed by atoms with E-state index in [0.29, 0.717) is 32.1 Å². The molecule has 0 saturated carbocycles. The quantitative estimate of drug-likeness (QED) is 0.772. The molecule has 2 aromatic heterocycles. The van der Waals surface area contributed by atoms with Crippen molar-refractivity contribution in [3.63, 3.8) is 0 Å². The third-order valence-electron chi connectivity index (χ3n) is 6.20. The Kier molecular flexibility index (Phi) is 5.29. The number of thiophene rings is 1. The van der Waals surface area contributed by atoms with Gasteiger partial charge in [-0.15, -0.1) is 11.3 Å². The number of nitrogens with zero attached hydrogens (tertiary/aromatic N) is 5. The van der Waals surface area contributed by atoms with E-state index in [0.717, 1.165) is 23.3 Å². The number of aryl methyl sites for hydroxylation is 1. The third-order valence-corrected chi connectivity index (χ3v) is 7.20. The maximum Gasteiger partial charge on any atom is 0.264 e. The smallest absolute Gasteiger partial charge is 0.264 e. The van der Waals surface area contributed by atoms with E-state index in [1.165, 1.54) is 11.3 Å². The van der Waals surface area contributed by atoms with E-state index in [-0.39, 0.29) is 17.7 Å². The molecule has 4 rings (SSSR count). The topological polar surface area (TPSA) is 69.6 Å². The highest BCUT2D eigenvalue weighted by atomic mass is 32.1. The fourth-order valence-electron chi connectivity index (χ4n) is 4.75. The Labute approximate surface area is 175 Å². The van der Waals surface area contributed by atoms with Crippen molar-refractivity contribution in [2.45, 2.75) is 19.8 Å². The number of hydrogen-bond acceptors (Lipinski definition) is 6. The van der Waals surface area contributed by atoms with E-state index in [1.54, 1.807) is 23.4 Å². The molecule has 7 nitrogen and oxygen atoms in total. The molecule has 29 heavy (non-hydrogen) atoms. The van der Waals surface area contributed by atoms with E-state index in [9.17, 15) is 9.59 Å². The van der Waals surface area contributed by atoms with Gasteiger partial charge in [0.25, 0.3) is 5.91 Å². The van der Waals surface area contributed by atoms with Crippen LogP contribution in [0.3, 0.4) is 0 Å². The standard InChI is InChI=1S/C21H27N5O2S/c1-15-6-11-29-17(15)18(27)25-10-4-7-21(19(28)24(2)3)14-26(13-16(21)12-25)20-22-8-5-9-23-20/h5-6,8-9,11,16H,4,7,10,12-14H2,1-3H3/t16-,21-/m0/s1. The Morgan fingerprint density at radius 1 is 1.24 bits per heavy atom. The Hall–Kier alpha value is -2.48. The first-order valence-corrected chi connectivity index (χ1v) is 10.9. The lowest BCUT2D eigenvalue weighted by Crippen LogP contribution is -2.47. The van der Waals surface area contributed by atoms with E-state index in [1.807, 2.05) is 37.4 Å². The number of hydrogen-bond donors (Lipinski definition) is 0. The molecule has 0 bridgehead atoms. The first kappa shape index (κ1) is 19.8. The first-order chi connectivity index (χ1) is 13.9. The summed E-state index contributed by atoms with van der Waals surface area (Å²) in [5.41, 5.74) is 0.507. The SMILES string of the molecule is Cc1ccsc1C(=O)N1CCC[C@]2(C(=O)N(C)C)CN(c3ncccn3)C[C@@H]2C1. The van der Waals surface area contributed by atoms with Gasteiger partial charge in [0.1, 0.15) is 0 Å². The molecule has 2 aromatic rings. The number of aromatic nitrogens is 2. The minimum Gasteiger partial charge on any atom is -0.348 e. The van der Waals surface area contributed by atoms with Crippen molar-refractivity contribution in [3.8, 4) is 0 Å². The Morgan fingerprint density at radius 3 is 2.66 bits per heavy atom. The van der Waals surface area contributed by atoms with E-state index in [2.05, 4.69) is 14.9 Å². The predicted molar refractivity (Wildman–Crippen MR) is 113 cm³/mol. The number of rotatable bonds is 3. The monoisotopic (exact) mass is 413 g/mol. The average molecular weight is 414 g/mol. The highest BCUT2D eigenvalue weighted by Gasteiger charge is 2.54. The molecule has 2 aliphatic heterocycles. The van der Waals surface area contributed by atoms with Crippen LogP contribution in [0.4, 0.5) is 5.95 Å². The minimum atomic E-state index is -0.512. The van der Waals surface area contributed by atoms with Crippen LogP contribution >= 0.6 is 11.3 Å². The second-order valence-electron chi connectivity index (χ2n) is 8.27. The number of carbonyl (C=O) groups excluding carboxylic acids is 2. The van der Waals surface area contributed by atoms with E-state index >= 15 is 0 Å². The van der Waals surface area contributed by atoms with Crippen LogP contribution in [0.2, 0.25) is 0 Å². The Balaban J connectivity index is 1.65. The second kappa shape index (κ2) is 7.74. The Morgan fingerprint density at radius 2 is 2.00 bits per heavy atom. The van der Waals surface area contributed by atoms with Gasteiger partial charge in [0.05, 0.1) is 10.3 Å². The molecule has 0 aliphatic carbocycles. The van der Waals surface area contributed by atoms with Crippen molar-refractivity contribution in [3.05, 3.63) is 40.3 Å². The summed E-state index contributed by atoms with van der Waals surface area (Å²) in [7, 11) is 3.64. The van der Waals surface area contributed by atoms with Crippen LogP contribution in [-0.4, -0.2) is 71.9 Å². The van der Waals surface area contributed by atoms with Gasteiger partial charge in [0.15, 0.2) is 0 Å². The molecule has 0 spiro atoms. The van der Waals surface area contributed by atoms with Gasteiger partial charge >= 0.3 is 0 Å². The fraction of sp³-hybridized carbons (Fsp3) is 0.524. The first-order valence-electron chi connectivity index (χ1n) is 9.99. The third kappa shape index (κ3) is 3.50. The molecule has 2 aliphatic rings. The summed E-state index contributed by atoms with van der Waals surface area (Å²) in [5.74, 6) is 0.925. The van der Waals surface area contributed by atoms with Gasteiger partial charge in [0.2, 0.25) is 11.9 Å². The molecule has 154 valence electrons. The lowest BCUT2D eigenvalue weighted by Gasteiger charge is -2.34. The van der Waals surface area contributed by atoms with Crippen LogP contribution in [0.5, 0.6) is 0 Å². The molecule has 2 amide bonds. The molecule has 8 heteroatoms. The average Bonchev–Trinajstić information content (AvgIpc) is 3.26. The lowest BCUT2D eigenvalue weighted by molar-refractivity contribution is -0.141. The molecule has 0 unspecified atom stereocenters. The molecule has 0 aromatic carbocycles. The van der Waals surface area contributed by atoms with Crippen LogP contribution in [0, 0.1) is 18.3 Å². The summed E-state index contributed by atoms with van der Waals surface area (Å²) < 4.78 is 0. The number of likely N-dealkylation sites (tertiary alicyclic amines) is 1. The van der Waals surface area contributed by atoms with Crippen molar-refractivity contribution in [2.75, 3.05) is 45.2 Å². The molecule has 2 fully saturated rings. The van der Waals surface area contributed by atoms with Gasteiger partial charge in [-0.05, 0) is 42.8 Å². The second-order valence-corrected chi connectivity index (χ2v) is 9.19. The van der Waals surface area contributed by atoms with Gasteiger partial charge in [-0.2, -0.15) is 0 Å². The number of carbonyl (C=O) groups is 2. The largest absolute Gasteiger partial charge is 0.348 e. The zero-order valence-electron chi connectivity index (χ0n) is 17.2. The van der Waals surface area contributed by atoms with Crippen molar-refractivity contribution in [2.24, 2.45) is 11.3 Å². The summed E-state index contributed by atoms with van der Waals surface area (Å²) >= 11 is 1.49. The summed E-state index contributed by atoms with van der Waals surface area (Å²) in [6.07, 6.45) is 5.04. The molecular weight excluding hydrogens is 386 g/mol. The maximum atomic E-state index is 13.3. The van der Waals surface area contributed by atoms with Crippen molar-refractivity contribution >= 4 is 29.1 Å². The predicted octanol–water partition coefficient (Wildman–Crippen LogP) is 2.29. The van der Waals surface area contributed by atoms with Crippen LogP contribution in [0.25, 0.3) is 0 Å². The molecule has 0 radical (unpaired) electrons. The molecule has 4 heterocycles. The van der Waals surface area contributed by atoms with Crippen LogP contribution in [0.1, 0.15) is 28.1 Å². The van der Waals surface area contributed by atoms with Gasteiger partial charge in [-0.3, -0.25) is 9.59 Å². The van der Waals surface area contributed by atoms with Crippen LogP contribution in [0.15, 0.2) is 29.9 Å². The van der Waals surface area contributed by atoms with Crippen LogP contribution < -0.4 is 4.90 Å². The number of amides is 2. The van der Waals surface area contributed by atoms with E-state index in [4.69, 9.17) is 0 Å². The molecule has 2 saturated heterocycles. The summed E-state index contributed by atoms with van der Waals surface area (Å²) in [6, 6.07) is 3.78. The summed E-state index contributed by atoms with van der Waals surface area (Å²) in [6.45, 7) is 4.52. The molecule has 0 N–H and O–H groups in total. The fourth-order valence-corrected chi connectivity index (χ4v) is 5.65. The van der Waals surface area contributed by atoms with E-state index < -0.39 is 5.41 Å². The molecule has 2 atom stereocenters. The minimum absolute atomic E-state index is 0.0490. The highest BCUT2D eigenvalue weighted by Crippen LogP contribution is 2.45. The van der Waals surface area contributed by atoms with Gasteiger partial charge in [-0.1, -0.05) is 0 Å². The van der Waals surface area contributed by atoms with Crippen molar-refractivity contribution in [1.82, 2.24) is 19.8 Å². The van der Waals surface area contributed by atoms with Gasteiger partial charge < -0.3 is 14.7 Å². The summed E-state index contributed by atoms with van der Waals surface area (Å²) in [4.78, 5) is 41.9. The molecular formula is C21H27N5O2S. The van der Waals surface area contributed by atoms with Gasteiger partial charge in [-0.25, -0.2) is 9.97 Å². The lowest BCUT2D eigenvalue weighted by atomic mass is 9.74. The van der Waals surface area contributed by atoms with Crippen molar-refractivity contribution < 1.29 is 9.59 Å². The summed E-state index contributed by atoms with van der Waals surface area (Å²) in [5, 5.41) is 1.96. The zero-order chi connectivity index (χ0) is 20.6. The Bertz CT molecular complexity index is 899. The normalized spacial score (nSPS) is 24.2. The maximum absolute atomic E-state index is 13.3. The number of anilines is 1. The number of fused-ring (bicyclic) bond motifs is 1. The zero-order valence-corrected chi connectivity index (χ0v) is 18.0.